The van der Waals surface area contributed by atoms with Gasteiger partial charge >= 0.3 is 5.97 Å². The number of nitrogens with one attached hydrogen (secondary N) is 2. The van der Waals surface area contributed by atoms with E-state index >= 15 is 0 Å². The van der Waals surface area contributed by atoms with E-state index in [1.807, 2.05) is 0 Å². The van der Waals surface area contributed by atoms with E-state index in [1.165, 1.54) is 0 Å². The van der Waals surface area contributed by atoms with Crippen molar-refractivity contribution in [2.24, 2.45) is 17.3 Å². The van der Waals surface area contributed by atoms with E-state index in [2.05, 4.69) is 15.5 Å². The van der Waals surface area contributed by atoms with Crippen LogP contribution in [0.3, 0.4) is 0 Å². The number of benzene rings is 1. The van der Waals surface area contributed by atoms with Gasteiger partial charge in [-0.3, -0.25) is 19.3 Å². The van der Waals surface area contributed by atoms with Crippen LogP contribution in [0.5, 0.6) is 0 Å². The summed E-state index contributed by atoms with van der Waals surface area (Å²) < 4.78 is 0. The van der Waals surface area contributed by atoms with Crippen LogP contribution < -0.4 is 10.6 Å². The average molecular weight is 359 g/mol. The number of hydrogen-bond donors (Lipinski definition) is 3. The Kier molecular flexibility index (Phi) is 5.00. The fraction of sp³-hybridized carbons (Fsp3) is 0.526. The van der Waals surface area contributed by atoms with E-state index in [9.17, 15) is 19.5 Å². The quantitative estimate of drug-likeness (QED) is 0.722. The van der Waals surface area contributed by atoms with Crippen molar-refractivity contribution in [2.45, 2.75) is 26.7 Å². The number of carboxylic acids is 1. The second-order valence-corrected chi connectivity index (χ2v) is 7.71. The summed E-state index contributed by atoms with van der Waals surface area (Å²) in [6.45, 7) is 5.90. The first-order valence-corrected chi connectivity index (χ1v) is 8.95. The third-order valence-corrected chi connectivity index (χ3v) is 5.38. The molecule has 3 N–H and O–H groups in total. The zero-order valence-corrected chi connectivity index (χ0v) is 15.1. The summed E-state index contributed by atoms with van der Waals surface area (Å²) in [5.74, 6) is -2.45. The third-order valence-electron chi connectivity index (χ3n) is 5.38. The maximum Gasteiger partial charge on any atom is 0.307 e. The number of hydrogen-bond acceptors (Lipinski definition) is 4. The molecule has 1 aliphatic carbocycles. The van der Waals surface area contributed by atoms with E-state index in [0.29, 0.717) is 17.9 Å². The second kappa shape index (κ2) is 7.07. The molecule has 2 atom stereocenters. The molecule has 3 rings (SSSR count). The van der Waals surface area contributed by atoms with Crippen LogP contribution in [0, 0.1) is 17.3 Å². The zero-order chi connectivity index (χ0) is 18.9. The van der Waals surface area contributed by atoms with Gasteiger partial charge in [0.2, 0.25) is 11.8 Å². The van der Waals surface area contributed by atoms with Crippen molar-refractivity contribution in [3.05, 3.63) is 24.3 Å². The number of carbonyl (C=O) groups excluding carboxylic acids is 2. The fourth-order valence-electron chi connectivity index (χ4n) is 3.79. The molecule has 7 nitrogen and oxygen atoms in total. The Hall–Kier alpha value is -2.41. The number of amides is 2. The number of nitrogens with zero attached hydrogens (tertiary/aromatic N) is 1. The van der Waals surface area contributed by atoms with Crippen LogP contribution in [0.4, 0.5) is 11.4 Å². The first-order valence-electron chi connectivity index (χ1n) is 8.95. The van der Waals surface area contributed by atoms with Crippen molar-refractivity contribution >= 4 is 29.2 Å². The Labute approximate surface area is 152 Å². The van der Waals surface area contributed by atoms with Gasteiger partial charge in [0.15, 0.2) is 0 Å². The van der Waals surface area contributed by atoms with Crippen LogP contribution in [0.25, 0.3) is 0 Å². The maximum atomic E-state index is 12.3. The van der Waals surface area contributed by atoms with Crippen molar-refractivity contribution in [2.75, 3.05) is 30.3 Å². The smallest absolute Gasteiger partial charge is 0.307 e. The highest BCUT2D eigenvalue weighted by atomic mass is 16.4. The number of carboxylic acid groups (broad SMARTS) is 1. The number of carbonyl (C=O) groups is 3. The van der Waals surface area contributed by atoms with E-state index in [-0.39, 0.29) is 11.8 Å². The summed E-state index contributed by atoms with van der Waals surface area (Å²) in [7, 11) is 0. The van der Waals surface area contributed by atoms with Crippen LogP contribution in [0.1, 0.15) is 26.7 Å². The van der Waals surface area contributed by atoms with Gasteiger partial charge < -0.3 is 15.7 Å². The molecule has 2 aliphatic rings. The Morgan fingerprint density at radius 3 is 2.08 bits per heavy atom. The molecular formula is C19H25N3O4. The molecule has 2 fully saturated rings. The fourth-order valence-corrected chi connectivity index (χ4v) is 3.79. The van der Waals surface area contributed by atoms with Crippen molar-refractivity contribution < 1.29 is 19.5 Å². The van der Waals surface area contributed by atoms with Crippen LogP contribution in [0.15, 0.2) is 24.3 Å². The van der Waals surface area contributed by atoms with Gasteiger partial charge in [0.1, 0.15) is 0 Å². The predicted octanol–water partition coefficient (Wildman–Crippen LogP) is 2.02. The van der Waals surface area contributed by atoms with E-state index in [4.69, 9.17) is 0 Å². The molecule has 2 unspecified atom stereocenters. The summed E-state index contributed by atoms with van der Waals surface area (Å²) in [6, 6.07) is 6.86. The predicted molar refractivity (Wildman–Crippen MR) is 97.8 cm³/mol. The molecule has 7 heteroatoms. The molecule has 1 aromatic rings. The molecule has 26 heavy (non-hydrogen) atoms. The highest BCUT2D eigenvalue weighted by Gasteiger charge is 2.65. The van der Waals surface area contributed by atoms with Gasteiger partial charge in [-0.15, -0.1) is 0 Å². The van der Waals surface area contributed by atoms with Crippen LogP contribution in [-0.4, -0.2) is 47.4 Å². The lowest BCUT2D eigenvalue weighted by Crippen LogP contribution is -2.30. The van der Waals surface area contributed by atoms with Crippen LogP contribution in [-0.2, 0) is 14.4 Å². The first-order chi connectivity index (χ1) is 12.3. The lowest BCUT2D eigenvalue weighted by molar-refractivity contribution is -0.140. The minimum absolute atomic E-state index is 0.0484. The number of likely N-dealkylation sites (tertiary alicyclic amines) is 1. The zero-order valence-electron chi connectivity index (χ0n) is 15.1. The minimum Gasteiger partial charge on any atom is -0.481 e. The Balaban J connectivity index is 1.52. The van der Waals surface area contributed by atoms with Gasteiger partial charge in [-0.1, -0.05) is 13.8 Å². The van der Waals surface area contributed by atoms with Gasteiger partial charge in [-0.25, -0.2) is 0 Å². The number of anilines is 2. The molecular weight excluding hydrogens is 334 g/mol. The highest BCUT2D eigenvalue weighted by Crippen LogP contribution is 2.58. The van der Waals surface area contributed by atoms with Crippen molar-refractivity contribution in [1.29, 1.82) is 0 Å². The Morgan fingerprint density at radius 1 is 1.04 bits per heavy atom. The summed E-state index contributed by atoms with van der Waals surface area (Å²) in [4.78, 5) is 37.7. The molecule has 0 aromatic heterocycles. The summed E-state index contributed by atoms with van der Waals surface area (Å²) >= 11 is 0. The van der Waals surface area contributed by atoms with E-state index < -0.39 is 23.2 Å². The topological polar surface area (TPSA) is 98.7 Å². The van der Waals surface area contributed by atoms with Gasteiger partial charge in [-0.2, -0.15) is 0 Å². The van der Waals surface area contributed by atoms with Crippen molar-refractivity contribution in [3.8, 4) is 0 Å². The summed E-state index contributed by atoms with van der Waals surface area (Å²) in [5, 5.41) is 14.8. The largest absolute Gasteiger partial charge is 0.481 e. The molecule has 2 amide bonds. The minimum atomic E-state index is -0.939. The monoisotopic (exact) mass is 359 g/mol. The van der Waals surface area contributed by atoms with Gasteiger partial charge in [-0.05, 0) is 55.6 Å². The molecule has 140 valence electrons. The van der Waals surface area contributed by atoms with Crippen molar-refractivity contribution in [1.82, 2.24) is 4.90 Å². The van der Waals surface area contributed by atoms with Gasteiger partial charge in [0.05, 0.1) is 18.4 Å². The lowest BCUT2D eigenvalue weighted by Gasteiger charge is -2.14. The van der Waals surface area contributed by atoms with Crippen LogP contribution >= 0.6 is 0 Å². The lowest BCUT2D eigenvalue weighted by atomic mass is 10.1. The Bertz CT molecular complexity index is 708. The standard InChI is InChI=1S/C19H25N3O4/c1-19(2)15(16(19)18(25)26)17(24)21-13-7-5-12(6-8-13)20-14(23)11-22-9-3-4-10-22/h5-8,15-16H,3-4,9-11H2,1-2H3,(H,20,23)(H,21,24)(H,25,26). The molecule has 1 saturated heterocycles. The highest BCUT2D eigenvalue weighted by molar-refractivity contribution is 6.00. The molecule has 0 spiro atoms. The van der Waals surface area contributed by atoms with Crippen molar-refractivity contribution in [3.63, 3.8) is 0 Å². The Morgan fingerprint density at radius 2 is 1.58 bits per heavy atom. The first kappa shape index (κ1) is 18.4. The van der Waals surface area contributed by atoms with E-state index in [1.54, 1.807) is 38.1 Å². The maximum absolute atomic E-state index is 12.3. The van der Waals surface area contributed by atoms with Gasteiger partial charge in [0, 0.05) is 11.4 Å². The molecule has 1 aromatic carbocycles. The van der Waals surface area contributed by atoms with Crippen LogP contribution in [0.2, 0.25) is 0 Å². The molecule has 1 aliphatic heterocycles. The average Bonchev–Trinajstić information content (AvgIpc) is 2.90. The number of aliphatic carboxylic acids is 1. The second-order valence-electron chi connectivity index (χ2n) is 7.71. The molecule has 0 radical (unpaired) electrons. The third kappa shape index (κ3) is 3.88. The summed E-state index contributed by atoms with van der Waals surface area (Å²) in [6.07, 6.45) is 2.28. The molecule has 0 bridgehead atoms. The normalized spacial score (nSPS) is 24.1. The van der Waals surface area contributed by atoms with Gasteiger partial charge in [0.25, 0.3) is 0 Å². The molecule has 1 heterocycles. The SMILES string of the molecule is CC1(C)C(C(=O)O)C1C(=O)Nc1ccc(NC(=O)CN2CCCC2)cc1. The molecule has 1 saturated carbocycles. The summed E-state index contributed by atoms with van der Waals surface area (Å²) in [5.41, 5.74) is 0.723. The van der Waals surface area contributed by atoms with E-state index in [0.717, 1.165) is 25.9 Å². The number of rotatable bonds is 6.